The van der Waals surface area contributed by atoms with Crippen molar-refractivity contribution in [3.05, 3.63) is 144 Å². The van der Waals surface area contributed by atoms with Gasteiger partial charge < -0.3 is 0 Å². The van der Waals surface area contributed by atoms with E-state index in [0.29, 0.717) is 0 Å². The molecule has 0 aliphatic carbocycles. The number of hydrogen-bond acceptors (Lipinski definition) is 4. The van der Waals surface area contributed by atoms with Gasteiger partial charge >= 0.3 is 0 Å². The van der Waals surface area contributed by atoms with E-state index in [1.807, 2.05) is 121 Å². The van der Waals surface area contributed by atoms with Crippen LogP contribution in [0.1, 0.15) is 22.3 Å². The summed E-state index contributed by atoms with van der Waals surface area (Å²) in [6, 6.07) is 39.5. The molecule has 0 nitrogen and oxygen atoms in total. The Morgan fingerprint density at radius 3 is 0.606 bits per heavy atom. The minimum atomic E-state index is 0. The maximum Gasteiger partial charge on any atom is 0.0636 e. The van der Waals surface area contributed by atoms with E-state index < -0.39 is 0 Å². The molecule has 0 saturated carbocycles. The first-order valence-corrected chi connectivity index (χ1v) is 11.6. The number of benzene rings is 4. The van der Waals surface area contributed by atoms with Crippen LogP contribution < -0.4 is 0 Å². The Balaban J connectivity index is 0.000000227. The molecule has 33 heavy (non-hydrogen) atoms. The smallest absolute Gasteiger partial charge is 0.0636 e. The van der Waals surface area contributed by atoms with Gasteiger partial charge in [-0.1, -0.05) is 170 Å². The second-order valence-electron chi connectivity index (χ2n) is 6.78. The summed E-state index contributed by atoms with van der Waals surface area (Å²) in [5.41, 5.74) is 4.02. The summed E-state index contributed by atoms with van der Waals surface area (Å²) >= 11 is 21.5. The summed E-state index contributed by atoms with van der Waals surface area (Å²) < 4.78 is 0. The third-order valence-corrected chi connectivity index (χ3v) is 6.57. The summed E-state index contributed by atoms with van der Waals surface area (Å²) in [6.45, 7) is 0. The van der Waals surface area contributed by atoms with Crippen molar-refractivity contribution in [3.63, 3.8) is 0 Å². The van der Waals surface area contributed by atoms with E-state index >= 15 is 0 Å². The average Bonchev–Trinajstić information content (AvgIpc) is 2.89. The van der Waals surface area contributed by atoms with Gasteiger partial charge in [-0.3, -0.25) is 0 Å². The Morgan fingerprint density at radius 2 is 0.455 bits per heavy atom. The van der Waals surface area contributed by atoms with Gasteiger partial charge in [0.1, 0.15) is 0 Å². The standard InChI is InChI=1S/2C14H10S2.Ni/c2*15-13(11-7-3-1-4-8-11)14(16)12-9-5-2-6-10-12;/h2*1-10H;. The van der Waals surface area contributed by atoms with Gasteiger partial charge in [-0.15, -0.1) is 0 Å². The Labute approximate surface area is 227 Å². The summed E-state index contributed by atoms with van der Waals surface area (Å²) in [5, 5.41) is 0. The van der Waals surface area contributed by atoms with Crippen LogP contribution in [0, 0.1) is 0 Å². The van der Waals surface area contributed by atoms with Gasteiger partial charge in [0.15, 0.2) is 0 Å². The summed E-state index contributed by atoms with van der Waals surface area (Å²) in [7, 11) is 0. The van der Waals surface area contributed by atoms with E-state index in [4.69, 9.17) is 48.9 Å². The molecule has 0 aromatic heterocycles. The molecule has 0 fully saturated rings. The van der Waals surface area contributed by atoms with Crippen LogP contribution in [0.2, 0.25) is 0 Å². The largest absolute Gasteiger partial charge is 0.0778 e. The zero-order chi connectivity index (χ0) is 22.8. The van der Waals surface area contributed by atoms with Crippen LogP contribution in [0.4, 0.5) is 0 Å². The summed E-state index contributed by atoms with van der Waals surface area (Å²) in [5.74, 6) is 0. The number of rotatable bonds is 6. The first kappa shape index (κ1) is 27.0. The fourth-order valence-electron chi connectivity index (χ4n) is 2.88. The van der Waals surface area contributed by atoms with Crippen molar-refractivity contribution in [1.82, 2.24) is 0 Å². The summed E-state index contributed by atoms with van der Waals surface area (Å²) in [6.07, 6.45) is 0. The molecule has 0 N–H and O–H groups in total. The second-order valence-corrected chi connectivity index (χ2v) is 8.41. The van der Waals surface area contributed by atoms with Crippen LogP contribution in [-0.2, 0) is 16.5 Å². The van der Waals surface area contributed by atoms with Gasteiger partial charge in [0.05, 0.1) is 19.5 Å². The zero-order valence-electron chi connectivity index (χ0n) is 17.5. The van der Waals surface area contributed by atoms with E-state index in [1.165, 1.54) is 0 Å². The van der Waals surface area contributed by atoms with E-state index in [9.17, 15) is 0 Å². The maximum absolute atomic E-state index is 5.38. The van der Waals surface area contributed by atoms with Crippen LogP contribution >= 0.6 is 48.9 Å². The van der Waals surface area contributed by atoms with Crippen molar-refractivity contribution >= 4 is 68.3 Å². The summed E-state index contributed by atoms with van der Waals surface area (Å²) in [4.78, 5) is 2.95. The molecule has 4 aromatic rings. The predicted molar refractivity (Wildman–Crippen MR) is 153 cm³/mol. The van der Waals surface area contributed by atoms with Gasteiger partial charge in [-0.25, -0.2) is 0 Å². The Morgan fingerprint density at radius 1 is 0.303 bits per heavy atom. The van der Waals surface area contributed by atoms with Gasteiger partial charge in [0, 0.05) is 16.5 Å². The van der Waals surface area contributed by atoms with Crippen LogP contribution in [0.3, 0.4) is 0 Å². The van der Waals surface area contributed by atoms with Crippen molar-refractivity contribution in [3.8, 4) is 0 Å². The van der Waals surface area contributed by atoms with E-state index in [1.54, 1.807) is 0 Å². The van der Waals surface area contributed by atoms with E-state index in [0.717, 1.165) is 41.7 Å². The van der Waals surface area contributed by atoms with Crippen molar-refractivity contribution < 1.29 is 16.5 Å². The molecule has 0 radical (unpaired) electrons. The molecule has 0 aliphatic rings. The Hall–Kier alpha value is -2.27. The molecule has 0 aliphatic heterocycles. The minimum Gasteiger partial charge on any atom is -0.0778 e. The minimum absolute atomic E-state index is 0. The topological polar surface area (TPSA) is 0 Å². The zero-order valence-corrected chi connectivity index (χ0v) is 21.7. The number of hydrogen-bond donors (Lipinski definition) is 0. The molecule has 0 atom stereocenters. The fraction of sp³-hybridized carbons (Fsp3) is 0. The van der Waals surface area contributed by atoms with Crippen molar-refractivity contribution in [2.24, 2.45) is 0 Å². The molecule has 0 saturated heterocycles. The van der Waals surface area contributed by atoms with Gasteiger partial charge in [-0.2, -0.15) is 0 Å². The fourth-order valence-corrected chi connectivity index (χ4v) is 3.90. The van der Waals surface area contributed by atoms with Crippen LogP contribution in [0.25, 0.3) is 0 Å². The molecular weight excluding hydrogens is 523 g/mol. The normalized spacial score (nSPS) is 9.45. The van der Waals surface area contributed by atoms with Crippen molar-refractivity contribution in [2.75, 3.05) is 0 Å². The molecular formula is C28H20NiS4. The Bertz CT molecular complexity index is 1010. The molecule has 5 heteroatoms. The van der Waals surface area contributed by atoms with Crippen molar-refractivity contribution in [1.29, 1.82) is 0 Å². The van der Waals surface area contributed by atoms with Crippen molar-refractivity contribution in [2.45, 2.75) is 0 Å². The van der Waals surface area contributed by atoms with Gasteiger partial charge in [-0.05, 0) is 22.3 Å². The second kappa shape index (κ2) is 14.1. The van der Waals surface area contributed by atoms with Gasteiger partial charge in [0.25, 0.3) is 0 Å². The number of thiocarbonyl (C=S) groups is 4. The predicted octanol–water partition coefficient (Wildman–Crippen LogP) is 7.64. The first-order valence-electron chi connectivity index (χ1n) is 9.96. The average molecular weight is 543 g/mol. The molecule has 0 bridgehead atoms. The van der Waals surface area contributed by atoms with E-state index in [-0.39, 0.29) is 16.5 Å². The first-order chi connectivity index (χ1) is 15.6. The van der Waals surface area contributed by atoms with E-state index in [2.05, 4.69) is 0 Å². The quantitative estimate of drug-likeness (QED) is 0.139. The molecule has 0 spiro atoms. The monoisotopic (exact) mass is 542 g/mol. The third kappa shape index (κ3) is 7.92. The third-order valence-electron chi connectivity index (χ3n) is 4.56. The molecule has 166 valence electrons. The molecule has 0 unspecified atom stereocenters. The molecule has 0 heterocycles. The SMILES string of the molecule is S=C(C(=S)c1ccccc1)c1ccccc1.S=C(C(=S)c1ccccc1)c1ccccc1.[Ni]. The van der Waals surface area contributed by atoms with Crippen LogP contribution in [0.5, 0.6) is 0 Å². The van der Waals surface area contributed by atoms with Crippen LogP contribution in [0.15, 0.2) is 121 Å². The molecule has 0 amide bonds. The molecule has 4 rings (SSSR count). The van der Waals surface area contributed by atoms with Crippen LogP contribution in [-0.4, -0.2) is 19.5 Å². The van der Waals surface area contributed by atoms with Gasteiger partial charge in [0.2, 0.25) is 0 Å². The Kier molecular flexibility index (Phi) is 11.5. The molecule has 4 aromatic carbocycles. The maximum atomic E-state index is 5.38.